The first-order valence-electron chi connectivity index (χ1n) is 11.4. The molecule has 0 atom stereocenters. The first-order chi connectivity index (χ1) is 16.0. The minimum atomic E-state index is -0.265. The van der Waals surface area contributed by atoms with Gasteiger partial charge in [-0.2, -0.15) is 0 Å². The lowest BCUT2D eigenvalue weighted by Gasteiger charge is -2.36. The number of hydrogen-bond donors (Lipinski definition) is 2. The van der Waals surface area contributed by atoms with Gasteiger partial charge in [0.2, 0.25) is 0 Å². The maximum atomic E-state index is 12.8. The highest BCUT2D eigenvalue weighted by Gasteiger charge is 2.23. The molecule has 0 aromatic heterocycles. The van der Waals surface area contributed by atoms with E-state index in [2.05, 4.69) is 22.5 Å². The Hall–Kier alpha value is -3.80. The van der Waals surface area contributed by atoms with E-state index in [4.69, 9.17) is 0 Å². The number of benzene rings is 3. The number of carbonyl (C=O) groups excluding carboxylic acids is 2. The number of aryl methyl sites for hydroxylation is 2. The molecule has 0 spiro atoms. The molecule has 4 rings (SSSR count). The number of carbonyl (C=O) groups is 2. The zero-order valence-corrected chi connectivity index (χ0v) is 19.2. The molecule has 2 N–H and O–H groups in total. The summed E-state index contributed by atoms with van der Waals surface area (Å²) in [5.41, 5.74) is 5.56. The molecule has 1 saturated heterocycles. The zero-order chi connectivity index (χ0) is 23.2. The van der Waals surface area contributed by atoms with E-state index in [0.29, 0.717) is 13.1 Å². The molecule has 0 saturated carbocycles. The lowest BCUT2D eigenvalue weighted by molar-refractivity contribution is 0.0746. The van der Waals surface area contributed by atoms with E-state index in [1.807, 2.05) is 84.6 Å². The van der Waals surface area contributed by atoms with Gasteiger partial charge in [-0.05, 0) is 66.9 Å². The topological polar surface area (TPSA) is 64.7 Å². The molecule has 1 aliphatic heterocycles. The Labute approximate surface area is 195 Å². The average molecular weight is 443 g/mol. The van der Waals surface area contributed by atoms with E-state index in [0.717, 1.165) is 47.7 Å². The Morgan fingerprint density at radius 3 is 2.21 bits per heavy atom. The van der Waals surface area contributed by atoms with Crippen LogP contribution in [-0.4, -0.2) is 43.0 Å². The fraction of sp³-hybridized carbons (Fsp3) is 0.259. The van der Waals surface area contributed by atoms with E-state index in [1.165, 1.54) is 5.56 Å². The standard InChI is InChI=1S/C27H30N4O2/c1-3-21-8-6-9-23(19-21)29-27(33)28-22-11-13-24(14-12-22)30-15-17-31(18-16-30)26(32)25-10-5-4-7-20(25)2/h4-14,19H,3,15-18H2,1-2H3,(H2,28,29,33). The van der Waals surface area contributed by atoms with Crippen LogP contribution in [0.5, 0.6) is 0 Å². The van der Waals surface area contributed by atoms with Crippen molar-refractivity contribution in [1.82, 2.24) is 4.90 Å². The predicted molar refractivity (Wildman–Crippen MR) is 134 cm³/mol. The molecule has 1 aliphatic rings. The third-order valence-electron chi connectivity index (χ3n) is 6.03. The first-order valence-corrected chi connectivity index (χ1v) is 11.4. The molecule has 33 heavy (non-hydrogen) atoms. The summed E-state index contributed by atoms with van der Waals surface area (Å²) in [4.78, 5) is 29.4. The van der Waals surface area contributed by atoms with Crippen LogP contribution >= 0.6 is 0 Å². The van der Waals surface area contributed by atoms with Gasteiger partial charge in [0.05, 0.1) is 0 Å². The Morgan fingerprint density at radius 2 is 1.52 bits per heavy atom. The third-order valence-corrected chi connectivity index (χ3v) is 6.03. The number of piperazine rings is 1. The quantitative estimate of drug-likeness (QED) is 0.573. The molecule has 6 heteroatoms. The number of urea groups is 1. The van der Waals surface area contributed by atoms with Crippen molar-refractivity contribution in [2.75, 3.05) is 41.7 Å². The summed E-state index contributed by atoms with van der Waals surface area (Å²) in [6.07, 6.45) is 0.924. The van der Waals surface area contributed by atoms with Crippen molar-refractivity contribution in [3.63, 3.8) is 0 Å². The van der Waals surface area contributed by atoms with E-state index in [1.54, 1.807) is 0 Å². The van der Waals surface area contributed by atoms with E-state index >= 15 is 0 Å². The van der Waals surface area contributed by atoms with Gasteiger partial charge in [-0.25, -0.2) is 4.79 Å². The van der Waals surface area contributed by atoms with E-state index < -0.39 is 0 Å². The van der Waals surface area contributed by atoms with Gasteiger partial charge in [-0.15, -0.1) is 0 Å². The summed E-state index contributed by atoms with van der Waals surface area (Å²) in [6, 6.07) is 23.1. The largest absolute Gasteiger partial charge is 0.368 e. The summed E-state index contributed by atoms with van der Waals surface area (Å²) >= 11 is 0. The maximum absolute atomic E-state index is 12.8. The van der Waals surface area contributed by atoms with Gasteiger partial charge in [0, 0.05) is 48.8 Å². The van der Waals surface area contributed by atoms with Crippen molar-refractivity contribution in [1.29, 1.82) is 0 Å². The van der Waals surface area contributed by atoms with Crippen molar-refractivity contribution in [3.05, 3.63) is 89.5 Å². The van der Waals surface area contributed by atoms with Gasteiger partial charge >= 0.3 is 6.03 Å². The average Bonchev–Trinajstić information content (AvgIpc) is 2.84. The first kappa shape index (κ1) is 22.4. The highest BCUT2D eigenvalue weighted by molar-refractivity contribution is 6.00. The molecule has 0 radical (unpaired) electrons. The van der Waals surface area contributed by atoms with E-state index in [-0.39, 0.29) is 11.9 Å². The Balaban J connectivity index is 1.30. The van der Waals surface area contributed by atoms with Gasteiger partial charge in [-0.1, -0.05) is 37.3 Å². The second-order valence-corrected chi connectivity index (χ2v) is 8.27. The molecule has 1 heterocycles. The van der Waals surface area contributed by atoms with Crippen molar-refractivity contribution >= 4 is 29.0 Å². The van der Waals surface area contributed by atoms with Crippen LogP contribution in [0, 0.1) is 6.92 Å². The molecule has 1 fully saturated rings. The van der Waals surface area contributed by atoms with Gasteiger partial charge in [-0.3, -0.25) is 4.79 Å². The second-order valence-electron chi connectivity index (χ2n) is 8.27. The third kappa shape index (κ3) is 5.52. The minimum absolute atomic E-state index is 0.0998. The summed E-state index contributed by atoms with van der Waals surface area (Å²) in [5.74, 6) is 0.0998. The molecule has 0 bridgehead atoms. The molecular weight excluding hydrogens is 412 g/mol. The highest BCUT2D eigenvalue weighted by Crippen LogP contribution is 2.21. The van der Waals surface area contributed by atoms with E-state index in [9.17, 15) is 9.59 Å². The number of nitrogens with one attached hydrogen (secondary N) is 2. The van der Waals surface area contributed by atoms with Crippen molar-refractivity contribution in [2.24, 2.45) is 0 Å². The van der Waals surface area contributed by atoms with Crippen LogP contribution in [0.2, 0.25) is 0 Å². The molecule has 0 aliphatic carbocycles. The molecule has 6 nitrogen and oxygen atoms in total. The normalized spacial score (nSPS) is 13.5. The predicted octanol–water partition coefficient (Wildman–Crippen LogP) is 5.16. The van der Waals surface area contributed by atoms with Gasteiger partial charge in [0.25, 0.3) is 5.91 Å². The number of nitrogens with zero attached hydrogens (tertiary/aromatic N) is 2. The number of amides is 3. The Morgan fingerprint density at radius 1 is 0.818 bits per heavy atom. The zero-order valence-electron chi connectivity index (χ0n) is 19.2. The SMILES string of the molecule is CCc1cccc(NC(=O)Nc2ccc(N3CCN(C(=O)c4ccccc4C)CC3)cc2)c1. The van der Waals surface area contributed by atoms with Gasteiger partial charge in [0.1, 0.15) is 0 Å². The fourth-order valence-electron chi connectivity index (χ4n) is 4.07. The van der Waals surface area contributed by atoms with Gasteiger partial charge in [0.15, 0.2) is 0 Å². The lowest BCUT2D eigenvalue weighted by atomic mass is 10.1. The van der Waals surface area contributed by atoms with Crippen molar-refractivity contribution < 1.29 is 9.59 Å². The van der Waals surface area contributed by atoms with Crippen LogP contribution in [0.3, 0.4) is 0 Å². The van der Waals surface area contributed by atoms with Gasteiger partial charge < -0.3 is 20.4 Å². The summed E-state index contributed by atoms with van der Waals surface area (Å²) in [5, 5.41) is 5.76. The fourth-order valence-corrected chi connectivity index (χ4v) is 4.07. The van der Waals surface area contributed by atoms with Crippen molar-refractivity contribution in [3.8, 4) is 0 Å². The molecular formula is C27H30N4O2. The van der Waals surface area contributed by atoms with Crippen LogP contribution in [0.15, 0.2) is 72.8 Å². The number of anilines is 3. The molecule has 0 unspecified atom stereocenters. The van der Waals surface area contributed by atoms with Crippen molar-refractivity contribution in [2.45, 2.75) is 20.3 Å². The number of rotatable bonds is 5. The van der Waals surface area contributed by atoms with Crippen LogP contribution < -0.4 is 15.5 Å². The molecule has 170 valence electrons. The monoisotopic (exact) mass is 442 g/mol. The van der Waals surface area contributed by atoms with Crippen LogP contribution in [0.4, 0.5) is 21.9 Å². The van der Waals surface area contributed by atoms with Crippen LogP contribution in [0.25, 0.3) is 0 Å². The summed E-state index contributed by atoms with van der Waals surface area (Å²) in [7, 11) is 0. The Kier molecular flexibility index (Phi) is 6.93. The smallest absolute Gasteiger partial charge is 0.323 e. The Bertz CT molecular complexity index is 1120. The maximum Gasteiger partial charge on any atom is 0.323 e. The lowest BCUT2D eigenvalue weighted by Crippen LogP contribution is -2.48. The summed E-state index contributed by atoms with van der Waals surface area (Å²) < 4.78 is 0. The molecule has 3 aromatic carbocycles. The van der Waals surface area contributed by atoms with Crippen LogP contribution in [-0.2, 0) is 6.42 Å². The second kappa shape index (κ2) is 10.2. The number of hydrogen-bond acceptors (Lipinski definition) is 3. The van der Waals surface area contributed by atoms with Crippen LogP contribution in [0.1, 0.15) is 28.4 Å². The minimum Gasteiger partial charge on any atom is -0.368 e. The molecule has 3 aromatic rings. The molecule has 3 amide bonds. The highest BCUT2D eigenvalue weighted by atomic mass is 16.2. The summed E-state index contributed by atoms with van der Waals surface area (Å²) in [6.45, 7) is 6.99.